The van der Waals surface area contributed by atoms with E-state index >= 15 is 0 Å². The third-order valence-electron chi connectivity index (χ3n) is 3.96. The third kappa shape index (κ3) is 5.62. The molecule has 2 N–H and O–H groups in total. The highest BCUT2D eigenvalue weighted by Crippen LogP contribution is 2.34. The number of amides is 1. The molecule has 0 radical (unpaired) electrons. The molecule has 0 aliphatic rings. The first-order valence-corrected chi connectivity index (χ1v) is 10.0. The van der Waals surface area contributed by atoms with E-state index in [2.05, 4.69) is 53.1 Å². The van der Waals surface area contributed by atoms with Crippen LogP contribution in [0.3, 0.4) is 0 Å². The van der Waals surface area contributed by atoms with Crippen molar-refractivity contribution in [2.75, 3.05) is 18.9 Å². The van der Waals surface area contributed by atoms with Gasteiger partial charge in [-0.15, -0.1) is 0 Å². The predicted octanol–water partition coefficient (Wildman–Crippen LogP) is 4.97. The molecule has 0 spiro atoms. The fourth-order valence-corrected chi connectivity index (χ4v) is 4.84. The van der Waals surface area contributed by atoms with Gasteiger partial charge in [-0.2, -0.15) is 0 Å². The van der Waals surface area contributed by atoms with Crippen molar-refractivity contribution in [1.82, 2.24) is 4.90 Å². The standard InChI is InChI=1S/C18H19Br3N2O2/c1-11(18(25)12-6-4-3-5-7-12)23(2)10-16(24)22-17-14(20)8-13(19)9-15(17)21/h3-9,11,18,25H,10H2,1-2H3,(H,22,24)/t11-,18-/m1/s1. The molecule has 0 fully saturated rings. The molecular formula is C18H19Br3N2O2. The maximum Gasteiger partial charge on any atom is 0.238 e. The van der Waals surface area contributed by atoms with Crippen LogP contribution in [0.4, 0.5) is 5.69 Å². The van der Waals surface area contributed by atoms with Crippen LogP contribution in [-0.2, 0) is 4.79 Å². The van der Waals surface area contributed by atoms with Gasteiger partial charge in [0.15, 0.2) is 0 Å². The topological polar surface area (TPSA) is 52.6 Å². The Kier molecular flexibility index (Phi) is 7.64. The van der Waals surface area contributed by atoms with Crippen LogP contribution >= 0.6 is 47.8 Å². The van der Waals surface area contributed by atoms with Gasteiger partial charge >= 0.3 is 0 Å². The van der Waals surface area contributed by atoms with E-state index in [9.17, 15) is 9.90 Å². The largest absolute Gasteiger partial charge is 0.387 e. The molecule has 1 amide bonds. The van der Waals surface area contributed by atoms with Crippen molar-refractivity contribution in [2.24, 2.45) is 0 Å². The first-order chi connectivity index (χ1) is 11.8. The fraction of sp³-hybridized carbons (Fsp3) is 0.278. The number of aliphatic hydroxyl groups excluding tert-OH is 1. The number of aliphatic hydroxyl groups is 1. The normalized spacial score (nSPS) is 13.6. The molecule has 0 aliphatic carbocycles. The molecule has 25 heavy (non-hydrogen) atoms. The molecular weight excluding hydrogens is 516 g/mol. The summed E-state index contributed by atoms with van der Waals surface area (Å²) in [5.74, 6) is -0.154. The number of carbonyl (C=O) groups excluding carboxylic acids is 1. The highest BCUT2D eigenvalue weighted by Gasteiger charge is 2.22. The van der Waals surface area contributed by atoms with Crippen LogP contribution in [0, 0.1) is 0 Å². The van der Waals surface area contributed by atoms with Gasteiger partial charge in [0, 0.05) is 19.5 Å². The lowest BCUT2D eigenvalue weighted by Crippen LogP contribution is -2.39. The molecule has 2 aromatic rings. The summed E-state index contributed by atoms with van der Waals surface area (Å²) >= 11 is 10.3. The van der Waals surface area contributed by atoms with Crippen molar-refractivity contribution < 1.29 is 9.90 Å². The molecule has 0 aromatic heterocycles. The molecule has 2 atom stereocenters. The van der Waals surface area contributed by atoms with Crippen molar-refractivity contribution in [3.05, 3.63) is 61.4 Å². The van der Waals surface area contributed by atoms with E-state index in [0.29, 0.717) is 5.69 Å². The average molecular weight is 535 g/mol. The highest BCUT2D eigenvalue weighted by molar-refractivity contribution is 9.11. The lowest BCUT2D eigenvalue weighted by Gasteiger charge is -2.28. The Morgan fingerprint density at radius 2 is 1.72 bits per heavy atom. The summed E-state index contributed by atoms with van der Waals surface area (Å²) in [5.41, 5.74) is 1.51. The second-order valence-corrected chi connectivity index (χ2v) is 8.43. The maximum atomic E-state index is 12.4. The number of anilines is 1. The molecule has 0 bridgehead atoms. The number of hydrogen-bond acceptors (Lipinski definition) is 3. The van der Waals surface area contributed by atoms with E-state index in [4.69, 9.17) is 0 Å². The zero-order valence-electron chi connectivity index (χ0n) is 13.8. The van der Waals surface area contributed by atoms with Gasteiger partial charge < -0.3 is 10.4 Å². The van der Waals surface area contributed by atoms with Gasteiger partial charge in [0.1, 0.15) is 0 Å². The number of likely N-dealkylation sites (N-methyl/N-ethyl adjacent to an activating group) is 1. The third-order valence-corrected chi connectivity index (χ3v) is 5.67. The summed E-state index contributed by atoms with van der Waals surface area (Å²) in [6.45, 7) is 2.07. The number of nitrogens with zero attached hydrogens (tertiary/aromatic N) is 1. The minimum Gasteiger partial charge on any atom is -0.387 e. The molecule has 7 heteroatoms. The smallest absolute Gasteiger partial charge is 0.238 e. The molecule has 0 saturated carbocycles. The van der Waals surface area contributed by atoms with E-state index in [1.807, 2.05) is 61.3 Å². The summed E-state index contributed by atoms with van der Waals surface area (Å²) in [6, 6.07) is 13.0. The van der Waals surface area contributed by atoms with Crippen molar-refractivity contribution in [3.63, 3.8) is 0 Å². The van der Waals surface area contributed by atoms with Crippen molar-refractivity contribution in [3.8, 4) is 0 Å². The molecule has 0 saturated heterocycles. The molecule has 0 unspecified atom stereocenters. The molecule has 0 heterocycles. The summed E-state index contributed by atoms with van der Waals surface area (Å²) in [7, 11) is 1.82. The Morgan fingerprint density at radius 3 is 2.28 bits per heavy atom. The van der Waals surface area contributed by atoms with Crippen molar-refractivity contribution >= 4 is 59.4 Å². The van der Waals surface area contributed by atoms with E-state index in [0.717, 1.165) is 19.0 Å². The Bertz CT molecular complexity index is 717. The minimum absolute atomic E-state index is 0.154. The number of benzene rings is 2. The fourth-order valence-electron chi connectivity index (χ4n) is 2.38. The Morgan fingerprint density at radius 1 is 1.16 bits per heavy atom. The minimum atomic E-state index is -0.662. The summed E-state index contributed by atoms with van der Waals surface area (Å²) < 4.78 is 2.46. The Balaban J connectivity index is 2.00. The molecule has 2 rings (SSSR count). The van der Waals surface area contributed by atoms with Gasteiger partial charge in [-0.05, 0) is 63.5 Å². The van der Waals surface area contributed by atoms with Gasteiger partial charge in [-0.25, -0.2) is 0 Å². The Hall–Kier alpha value is -0.730. The quantitative estimate of drug-likeness (QED) is 0.550. The highest BCUT2D eigenvalue weighted by atomic mass is 79.9. The van der Waals surface area contributed by atoms with Gasteiger partial charge in [0.05, 0.1) is 18.3 Å². The molecule has 0 aliphatic heterocycles. The number of rotatable bonds is 6. The van der Waals surface area contributed by atoms with Crippen molar-refractivity contribution in [2.45, 2.75) is 19.1 Å². The van der Waals surface area contributed by atoms with Gasteiger partial charge in [0.25, 0.3) is 0 Å². The van der Waals surface area contributed by atoms with Crippen LogP contribution < -0.4 is 5.32 Å². The zero-order valence-corrected chi connectivity index (χ0v) is 18.6. The second kappa shape index (κ2) is 9.28. The van der Waals surface area contributed by atoms with Gasteiger partial charge in [-0.1, -0.05) is 46.3 Å². The Labute approximate surface area is 173 Å². The number of hydrogen-bond donors (Lipinski definition) is 2. The zero-order chi connectivity index (χ0) is 18.6. The number of nitrogens with one attached hydrogen (secondary N) is 1. The van der Waals surface area contributed by atoms with E-state index in [1.54, 1.807) is 0 Å². The lowest BCUT2D eigenvalue weighted by atomic mass is 10.0. The van der Waals surface area contributed by atoms with Crippen LogP contribution in [-0.4, -0.2) is 35.5 Å². The average Bonchev–Trinajstić information content (AvgIpc) is 2.57. The van der Waals surface area contributed by atoms with Gasteiger partial charge in [-0.3, -0.25) is 9.69 Å². The first kappa shape index (κ1) is 20.6. The summed E-state index contributed by atoms with van der Waals surface area (Å²) in [4.78, 5) is 14.2. The van der Waals surface area contributed by atoms with Crippen LogP contribution in [0.5, 0.6) is 0 Å². The van der Waals surface area contributed by atoms with Crippen LogP contribution in [0.25, 0.3) is 0 Å². The molecule has 4 nitrogen and oxygen atoms in total. The molecule has 2 aromatic carbocycles. The molecule has 134 valence electrons. The van der Waals surface area contributed by atoms with Crippen molar-refractivity contribution in [1.29, 1.82) is 0 Å². The van der Waals surface area contributed by atoms with Crippen LogP contribution in [0.1, 0.15) is 18.6 Å². The van der Waals surface area contributed by atoms with E-state index in [-0.39, 0.29) is 18.5 Å². The second-order valence-electron chi connectivity index (χ2n) is 5.80. The summed E-state index contributed by atoms with van der Waals surface area (Å²) in [6.07, 6.45) is -0.662. The lowest BCUT2D eigenvalue weighted by molar-refractivity contribution is -0.117. The number of carbonyl (C=O) groups is 1. The predicted molar refractivity (Wildman–Crippen MR) is 112 cm³/mol. The van der Waals surface area contributed by atoms with E-state index in [1.165, 1.54) is 0 Å². The monoisotopic (exact) mass is 532 g/mol. The number of halogens is 3. The van der Waals surface area contributed by atoms with Crippen LogP contribution in [0.2, 0.25) is 0 Å². The first-order valence-electron chi connectivity index (χ1n) is 7.67. The SMILES string of the molecule is C[C@H]([C@@H](O)c1ccccc1)N(C)CC(=O)Nc1c(Br)cc(Br)cc1Br. The maximum absolute atomic E-state index is 12.4. The van der Waals surface area contributed by atoms with Crippen LogP contribution in [0.15, 0.2) is 55.9 Å². The van der Waals surface area contributed by atoms with Gasteiger partial charge in [0.2, 0.25) is 5.91 Å². The van der Waals surface area contributed by atoms with E-state index < -0.39 is 6.10 Å². The summed E-state index contributed by atoms with van der Waals surface area (Å²) in [5, 5.41) is 13.4.